The van der Waals surface area contributed by atoms with Crippen molar-refractivity contribution in [3.63, 3.8) is 0 Å². The van der Waals surface area contributed by atoms with Gasteiger partial charge in [0.25, 0.3) is 5.56 Å². The van der Waals surface area contributed by atoms with Gasteiger partial charge < -0.3 is 15.3 Å². The molecule has 2 aliphatic rings. The molecule has 3 aromatic rings. The second kappa shape index (κ2) is 9.22. The molecule has 2 N–H and O–H groups in total. The summed E-state index contributed by atoms with van der Waals surface area (Å²) in [6.45, 7) is 1.00. The van der Waals surface area contributed by atoms with Crippen LogP contribution in [0.15, 0.2) is 58.6 Å². The lowest BCUT2D eigenvalue weighted by molar-refractivity contribution is -0.143. The van der Waals surface area contributed by atoms with Crippen molar-refractivity contribution < 1.29 is 23.1 Å². The highest BCUT2D eigenvalue weighted by molar-refractivity contribution is 6.31. The first kappa shape index (κ1) is 24.8. The van der Waals surface area contributed by atoms with Crippen molar-refractivity contribution in [2.75, 3.05) is 23.3 Å². The summed E-state index contributed by atoms with van der Waals surface area (Å²) >= 11 is 6.17. The fraction of sp³-hybridized carbons (Fsp3) is 0.280. The Morgan fingerprint density at radius 1 is 1.27 bits per heavy atom. The van der Waals surface area contributed by atoms with E-state index in [2.05, 4.69) is 21.4 Å². The minimum Gasteiger partial charge on any atom is -0.478 e. The van der Waals surface area contributed by atoms with Crippen LogP contribution in [0.3, 0.4) is 0 Å². The van der Waals surface area contributed by atoms with Crippen molar-refractivity contribution in [3.05, 3.63) is 80.3 Å². The Bertz CT molecular complexity index is 1550. The molecule has 0 amide bonds. The first-order chi connectivity index (χ1) is 17.5. The van der Waals surface area contributed by atoms with Crippen LogP contribution in [0, 0.1) is 0 Å². The molecule has 192 valence electrons. The third-order valence-electron chi connectivity index (χ3n) is 6.52. The number of nitrogens with one attached hydrogen (secondary N) is 1. The van der Waals surface area contributed by atoms with Crippen LogP contribution < -0.4 is 15.8 Å². The van der Waals surface area contributed by atoms with Crippen LogP contribution in [-0.4, -0.2) is 44.9 Å². The Morgan fingerprint density at radius 2 is 2.05 bits per heavy atom. The molecule has 1 aliphatic carbocycles. The fourth-order valence-electron chi connectivity index (χ4n) is 4.76. The van der Waals surface area contributed by atoms with Gasteiger partial charge in [-0.3, -0.25) is 9.36 Å². The Morgan fingerprint density at radius 3 is 2.76 bits per heavy atom. The van der Waals surface area contributed by atoms with Crippen molar-refractivity contribution in [1.82, 2.24) is 14.5 Å². The number of pyridine rings is 1. The molecule has 12 heteroatoms. The number of aromatic carboxylic acids is 1. The number of hydrogen-bond donors (Lipinski definition) is 2. The lowest BCUT2D eigenvalue weighted by Crippen LogP contribution is -2.32. The molecule has 0 saturated heterocycles. The van der Waals surface area contributed by atoms with Crippen LogP contribution >= 0.6 is 11.6 Å². The number of allylic oxidation sites excluding steroid dienone is 1. The molecule has 3 heterocycles. The normalized spacial score (nSPS) is 16.3. The Labute approximate surface area is 213 Å². The summed E-state index contributed by atoms with van der Waals surface area (Å²) in [5.74, 6) is -1.69. The number of fused-ring (bicyclic) bond motifs is 1. The summed E-state index contributed by atoms with van der Waals surface area (Å²) in [6.07, 6.45) is 2.15. The summed E-state index contributed by atoms with van der Waals surface area (Å²) in [5, 5.41) is 11.5. The number of carboxylic acid groups (broad SMARTS) is 1. The second-order valence-corrected chi connectivity index (χ2v) is 9.35. The summed E-state index contributed by atoms with van der Waals surface area (Å²) in [7, 11) is 1.52. The van der Waals surface area contributed by atoms with Crippen LogP contribution in [0.5, 0.6) is 0 Å². The first-order valence-corrected chi connectivity index (χ1v) is 11.8. The average molecular weight is 532 g/mol. The van der Waals surface area contributed by atoms with Crippen LogP contribution in [0.2, 0.25) is 5.02 Å². The minimum atomic E-state index is -4.91. The van der Waals surface area contributed by atoms with Gasteiger partial charge in [-0.05, 0) is 48.3 Å². The maximum Gasteiger partial charge on any atom is 0.412 e. The number of alkyl halides is 3. The third kappa shape index (κ3) is 4.55. The van der Waals surface area contributed by atoms with E-state index in [0.29, 0.717) is 13.1 Å². The highest BCUT2D eigenvalue weighted by Gasteiger charge is 2.43. The van der Waals surface area contributed by atoms with Crippen molar-refractivity contribution in [1.29, 1.82) is 0 Å². The van der Waals surface area contributed by atoms with E-state index in [9.17, 15) is 27.9 Å². The van der Waals surface area contributed by atoms with E-state index >= 15 is 0 Å². The number of benzene rings is 1. The van der Waals surface area contributed by atoms with Crippen LogP contribution in [0.25, 0.3) is 10.9 Å². The predicted octanol–water partition coefficient (Wildman–Crippen LogP) is 4.86. The van der Waals surface area contributed by atoms with Gasteiger partial charge in [0.05, 0.1) is 10.9 Å². The summed E-state index contributed by atoms with van der Waals surface area (Å²) < 4.78 is 44.7. The van der Waals surface area contributed by atoms with Crippen LogP contribution in [0.4, 0.5) is 24.9 Å². The van der Waals surface area contributed by atoms with E-state index < -0.39 is 40.7 Å². The molecule has 1 aromatic carbocycles. The van der Waals surface area contributed by atoms with E-state index in [4.69, 9.17) is 11.6 Å². The molecule has 1 unspecified atom stereocenters. The molecule has 1 atom stereocenters. The predicted molar refractivity (Wildman–Crippen MR) is 133 cm³/mol. The van der Waals surface area contributed by atoms with Gasteiger partial charge >= 0.3 is 12.1 Å². The molecule has 1 aliphatic heterocycles. The first-order valence-electron chi connectivity index (χ1n) is 11.4. The second-order valence-electron chi connectivity index (χ2n) is 8.92. The molecule has 0 radical (unpaired) electrons. The molecule has 2 aromatic heterocycles. The molecule has 0 fully saturated rings. The maximum absolute atomic E-state index is 14.4. The average Bonchev–Trinajstić information content (AvgIpc) is 3.28. The monoisotopic (exact) mass is 531 g/mol. The molecule has 0 saturated carbocycles. The summed E-state index contributed by atoms with van der Waals surface area (Å²) in [4.78, 5) is 35.1. The van der Waals surface area contributed by atoms with Crippen molar-refractivity contribution in [2.45, 2.75) is 25.1 Å². The standard InChI is InChI=1S/C25H21ClF3N5O3/c1-33-22(35)18-10-15(26)9-17(19(18)31-24(33)34-11-13-5-2-3-6-14(13)12-34)20(25(27,28)29)32-21-16(23(36)37)7-4-8-30-21/h2,4-5,7-10,20H,3,6,11-12H2,1H3,(H,30,32)(H,36,37). The van der Waals surface area contributed by atoms with Gasteiger partial charge in [0, 0.05) is 36.9 Å². The zero-order chi connectivity index (χ0) is 26.5. The molecule has 37 heavy (non-hydrogen) atoms. The molecule has 0 bridgehead atoms. The number of rotatable bonds is 5. The largest absolute Gasteiger partial charge is 0.478 e. The molecule has 8 nitrogen and oxygen atoms in total. The van der Waals surface area contributed by atoms with E-state index in [-0.39, 0.29) is 21.9 Å². The van der Waals surface area contributed by atoms with Gasteiger partial charge in [0.1, 0.15) is 11.4 Å². The van der Waals surface area contributed by atoms with E-state index in [1.807, 2.05) is 11.0 Å². The van der Waals surface area contributed by atoms with Gasteiger partial charge in [-0.25, -0.2) is 14.8 Å². The highest BCUT2D eigenvalue weighted by Crippen LogP contribution is 2.40. The number of hydrogen-bond acceptors (Lipinski definition) is 6. The number of carboxylic acids is 1. The SMILES string of the molecule is Cn1c(N2CC3=C(CCC=C3)C2)nc2c(C(Nc3ncccc3C(=O)O)C(F)(F)F)cc(Cl)cc2c1=O. The molecular weight excluding hydrogens is 511 g/mol. The van der Waals surface area contributed by atoms with Crippen molar-refractivity contribution >= 4 is 40.2 Å². The Kier molecular flexibility index (Phi) is 6.18. The number of nitrogens with zero attached hydrogens (tertiary/aromatic N) is 4. The smallest absolute Gasteiger partial charge is 0.412 e. The van der Waals surface area contributed by atoms with Gasteiger partial charge in [-0.1, -0.05) is 23.8 Å². The topological polar surface area (TPSA) is 100 Å². The number of halogens is 4. The Balaban J connectivity index is 1.67. The zero-order valence-corrected chi connectivity index (χ0v) is 20.3. The summed E-state index contributed by atoms with van der Waals surface area (Å²) in [6, 6.07) is 2.38. The van der Waals surface area contributed by atoms with Gasteiger partial charge in [0.2, 0.25) is 5.95 Å². The van der Waals surface area contributed by atoms with Crippen molar-refractivity contribution in [2.24, 2.45) is 7.05 Å². The minimum absolute atomic E-state index is 0.0823. The molecule has 5 rings (SSSR count). The lowest BCUT2D eigenvalue weighted by atomic mass is 10.0. The number of aromatic nitrogens is 3. The number of anilines is 2. The van der Waals surface area contributed by atoms with Gasteiger partial charge in [-0.2, -0.15) is 13.2 Å². The van der Waals surface area contributed by atoms with E-state index in [1.165, 1.54) is 35.5 Å². The maximum atomic E-state index is 14.4. The fourth-order valence-corrected chi connectivity index (χ4v) is 4.99. The van der Waals surface area contributed by atoms with Gasteiger partial charge in [0.15, 0.2) is 6.04 Å². The molecule has 0 spiro atoms. The van der Waals surface area contributed by atoms with Crippen molar-refractivity contribution in [3.8, 4) is 0 Å². The van der Waals surface area contributed by atoms with Crippen LogP contribution in [0.1, 0.15) is 34.8 Å². The zero-order valence-electron chi connectivity index (χ0n) is 19.5. The quantitative estimate of drug-likeness (QED) is 0.485. The van der Waals surface area contributed by atoms with E-state index in [0.717, 1.165) is 30.5 Å². The molecular formula is C25H21ClF3N5O3. The third-order valence-corrected chi connectivity index (χ3v) is 6.74. The van der Waals surface area contributed by atoms with Crippen LogP contribution in [-0.2, 0) is 7.05 Å². The highest BCUT2D eigenvalue weighted by atomic mass is 35.5. The lowest BCUT2D eigenvalue weighted by Gasteiger charge is -2.26. The number of carbonyl (C=O) groups is 1. The Hall–Kier alpha value is -3.86. The van der Waals surface area contributed by atoms with Gasteiger partial charge in [-0.15, -0.1) is 0 Å². The summed E-state index contributed by atoms with van der Waals surface area (Å²) in [5.41, 5.74) is 0.754. The van der Waals surface area contributed by atoms with E-state index in [1.54, 1.807) is 0 Å².